The molecule has 150 valence electrons. The number of hydrogen-bond acceptors (Lipinski definition) is 6. The molecule has 7 nitrogen and oxygen atoms in total. The number of benzene rings is 2. The highest BCUT2D eigenvalue weighted by atomic mass is 32.2. The van der Waals surface area contributed by atoms with E-state index in [1.54, 1.807) is 17.6 Å². The van der Waals surface area contributed by atoms with E-state index in [2.05, 4.69) is 0 Å². The minimum Gasteiger partial charge on any atom is -0.497 e. The molecule has 0 aromatic heterocycles. The van der Waals surface area contributed by atoms with Gasteiger partial charge in [0.1, 0.15) is 11.1 Å². The van der Waals surface area contributed by atoms with Gasteiger partial charge in [-0.2, -0.15) is 0 Å². The monoisotopic (exact) mass is 404 g/mol. The Morgan fingerprint density at radius 3 is 2.46 bits per heavy atom. The normalized spacial score (nSPS) is 20.5. The largest absolute Gasteiger partial charge is 0.497 e. The number of nitrogens with zero attached hydrogens (tertiary/aromatic N) is 1. The predicted molar refractivity (Wildman–Crippen MR) is 103 cm³/mol. The van der Waals surface area contributed by atoms with Crippen molar-refractivity contribution >= 4 is 15.7 Å². The molecule has 2 aromatic carbocycles. The summed E-state index contributed by atoms with van der Waals surface area (Å²) in [7, 11) is -2.20. The number of likely N-dealkylation sites (tertiary alicyclic amines) is 1. The van der Waals surface area contributed by atoms with Crippen molar-refractivity contribution in [3.05, 3.63) is 60.2 Å². The summed E-state index contributed by atoms with van der Waals surface area (Å²) in [5.41, 5.74) is 2.66. The van der Waals surface area contributed by atoms with Crippen molar-refractivity contribution in [1.29, 1.82) is 0 Å². The summed E-state index contributed by atoms with van der Waals surface area (Å²) in [4.78, 5) is 14.0. The van der Waals surface area contributed by atoms with Gasteiger partial charge in [-0.3, -0.25) is 14.9 Å². The standard InChI is InChI=1S/C20H24N2O5S/c1-27-17-7-9-18(10-8-17)28(25,26)19-13-16(20(23)21-24)11-12-22(19)14-15-5-3-2-4-6-15/h2-10,16,19,24H,11-14H2,1H3,(H,21,23). The fraction of sp³-hybridized carbons (Fsp3) is 0.350. The van der Waals surface area contributed by atoms with Gasteiger partial charge in [-0.1, -0.05) is 30.3 Å². The number of ether oxygens (including phenoxy) is 1. The molecule has 2 unspecified atom stereocenters. The van der Waals surface area contributed by atoms with Crippen LogP contribution in [0.15, 0.2) is 59.5 Å². The molecule has 8 heteroatoms. The Morgan fingerprint density at radius 2 is 1.86 bits per heavy atom. The van der Waals surface area contributed by atoms with Gasteiger partial charge in [-0.25, -0.2) is 13.9 Å². The van der Waals surface area contributed by atoms with Crippen molar-refractivity contribution in [3.8, 4) is 5.75 Å². The molecule has 0 aliphatic carbocycles. The van der Waals surface area contributed by atoms with Crippen LogP contribution < -0.4 is 10.2 Å². The van der Waals surface area contributed by atoms with E-state index in [-0.39, 0.29) is 11.3 Å². The minimum atomic E-state index is -3.72. The topological polar surface area (TPSA) is 95.9 Å². The van der Waals surface area contributed by atoms with E-state index in [1.165, 1.54) is 19.2 Å². The average Bonchev–Trinajstić information content (AvgIpc) is 2.74. The lowest BCUT2D eigenvalue weighted by molar-refractivity contribution is -0.135. The van der Waals surface area contributed by atoms with E-state index in [0.717, 1.165) is 5.56 Å². The van der Waals surface area contributed by atoms with Gasteiger partial charge in [0.2, 0.25) is 5.91 Å². The van der Waals surface area contributed by atoms with Gasteiger partial charge in [0.25, 0.3) is 0 Å². The Balaban J connectivity index is 1.92. The molecule has 1 aliphatic rings. The van der Waals surface area contributed by atoms with Crippen LogP contribution in [0.3, 0.4) is 0 Å². The number of carbonyl (C=O) groups is 1. The van der Waals surface area contributed by atoms with Crippen LogP contribution in [0.5, 0.6) is 5.75 Å². The molecule has 2 N–H and O–H groups in total. The van der Waals surface area contributed by atoms with E-state index in [1.807, 2.05) is 35.2 Å². The zero-order valence-electron chi connectivity index (χ0n) is 15.6. The summed E-state index contributed by atoms with van der Waals surface area (Å²) in [6, 6.07) is 15.9. The summed E-state index contributed by atoms with van der Waals surface area (Å²) in [5, 5.41) is 8.11. The first-order valence-corrected chi connectivity index (χ1v) is 10.6. The molecule has 0 saturated carbocycles. The molecule has 1 heterocycles. The summed E-state index contributed by atoms with van der Waals surface area (Å²) in [6.07, 6.45) is 0.599. The highest BCUT2D eigenvalue weighted by Crippen LogP contribution is 2.32. The van der Waals surface area contributed by atoms with Gasteiger partial charge >= 0.3 is 0 Å². The average molecular weight is 404 g/mol. The lowest BCUT2D eigenvalue weighted by Crippen LogP contribution is -2.49. The number of nitrogens with one attached hydrogen (secondary N) is 1. The fourth-order valence-electron chi connectivity index (χ4n) is 3.55. The van der Waals surface area contributed by atoms with Crippen LogP contribution >= 0.6 is 0 Å². The third kappa shape index (κ3) is 4.35. The van der Waals surface area contributed by atoms with E-state index in [0.29, 0.717) is 25.3 Å². The maximum atomic E-state index is 13.4. The van der Waals surface area contributed by atoms with Crippen LogP contribution in [0.4, 0.5) is 0 Å². The molecule has 0 radical (unpaired) electrons. The molecule has 1 fully saturated rings. The Bertz CT molecular complexity index is 900. The van der Waals surface area contributed by atoms with Crippen LogP contribution in [0.1, 0.15) is 18.4 Å². The van der Waals surface area contributed by atoms with Gasteiger partial charge in [0, 0.05) is 19.0 Å². The van der Waals surface area contributed by atoms with E-state index in [4.69, 9.17) is 9.94 Å². The molecule has 1 saturated heterocycles. The Labute approximate surface area is 164 Å². The second-order valence-corrected chi connectivity index (χ2v) is 8.93. The molecule has 0 spiro atoms. The number of hydroxylamine groups is 1. The van der Waals surface area contributed by atoms with E-state index in [9.17, 15) is 13.2 Å². The second kappa shape index (κ2) is 8.72. The number of carbonyl (C=O) groups excluding carboxylic acids is 1. The predicted octanol–water partition coefficient (Wildman–Crippen LogP) is 2.21. The van der Waals surface area contributed by atoms with Crippen LogP contribution in [0.25, 0.3) is 0 Å². The van der Waals surface area contributed by atoms with Gasteiger partial charge in [0.05, 0.1) is 12.0 Å². The maximum Gasteiger partial charge on any atom is 0.246 e. The van der Waals surface area contributed by atoms with Crippen molar-refractivity contribution in [1.82, 2.24) is 10.4 Å². The highest BCUT2D eigenvalue weighted by Gasteiger charge is 2.40. The van der Waals surface area contributed by atoms with Crippen LogP contribution in [-0.4, -0.2) is 43.5 Å². The zero-order valence-corrected chi connectivity index (χ0v) is 16.4. The number of sulfone groups is 1. The first kappa shape index (κ1) is 20.3. The summed E-state index contributed by atoms with van der Waals surface area (Å²) >= 11 is 0. The van der Waals surface area contributed by atoms with Crippen molar-refractivity contribution < 1.29 is 23.2 Å². The molecule has 3 rings (SSSR count). The number of rotatable bonds is 6. The second-order valence-electron chi connectivity index (χ2n) is 6.83. The number of piperidine rings is 1. The quantitative estimate of drug-likeness (QED) is 0.566. The summed E-state index contributed by atoms with van der Waals surface area (Å²) < 4.78 is 31.8. The lowest BCUT2D eigenvalue weighted by atomic mass is 9.95. The molecule has 1 aliphatic heterocycles. The first-order chi connectivity index (χ1) is 13.5. The fourth-order valence-corrected chi connectivity index (χ4v) is 5.44. The highest BCUT2D eigenvalue weighted by molar-refractivity contribution is 7.92. The summed E-state index contributed by atoms with van der Waals surface area (Å²) in [6.45, 7) is 0.904. The number of amides is 1. The van der Waals surface area contributed by atoms with Gasteiger partial charge in [-0.05, 0) is 42.7 Å². The van der Waals surface area contributed by atoms with E-state index < -0.39 is 27.0 Å². The Morgan fingerprint density at radius 1 is 1.18 bits per heavy atom. The molecule has 28 heavy (non-hydrogen) atoms. The van der Waals surface area contributed by atoms with Crippen molar-refractivity contribution in [2.45, 2.75) is 29.7 Å². The van der Waals surface area contributed by atoms with Crippen LogP contribution in [-0.2, 0) is 21.2 Å². The van der Waals surface area contributed by atoms with E-state index >= 15 is 0 Å². The molecule has 1 amide bonds. The third-order valence-corrected chi connectivity index (χ3v) is 7.25. The summed E-state index contributed by atoms with van der Waals surface area (Å²) in [5.74, 6) is -0.536. The molecular formula is C20H24N2O5S. The smallest absolute Gasteiger partial charge is 0.246 e. The zero-order chi connectivity index (χ0) is 20.1. The molecule has 2 aromatic rings. The van der Waals surface area contributed by atoms with Gasteiger partial charge < -0.3 is 4.74 Å². The molecule has 2 atom stereocenters. The van der Waals surface area contributed by atoms with Crippen LogP contribution in [0, 0.1) is 5.92 Å². The molecular weight excluding hydrogens is 380 g/mol. The lowest BCUT2D eigenvalue weighted by Gasteiger charge is -2.38. The third-order valence-electron chi connectivity index (χ3n) is 5.11. The first-order valence-electron chi connectivity index (χ1n) is 9.05. The van der Waals surface area contributed by atoms with Crippen molar-refractivity contribution in [3.63, 3.8) is 0 Å². The van der Waals surface area contributed by atoms with Crippen molar-refractivity contribution in [2.75, 3.05) is 13.7 Å². The Kier molecular flexibility index (Phi) is 6.33. The van der Waals surface area contributed by atoms with Crippen LogP contribution in [0.2, 0.25) is 0 Å². The number of methoxy groups -OCH3 is 1. The minimum absolute atomic E-state index is 0.119. The Hall–Kier alpha value is -2.42. The van der Waals surface area contributed by atoms with Crippen molar-refractivity contribution in [2.24, 2.45) is 5.92 Å². The SMILES string of the molecule is COc1ccc(S(=O)(=O)C2CC(C(=O)NO)CCN2Cc2ccccc2)cc1. The molecule has 0 bridgehead atoms. The maximum absolute atomic E-state index is 13.4. The van der Waals surface area contributed by atoms with Gasteiger partial charge in [0.15, 0.2) is 9.84 Å². The number of hydrogen-bond donors (Lipinski definition) is 2. The van der Waals surface area contributed by atoms with Gasteiger partial charge in [-0.15, -0.1) is 0 Å².